The van der Waals surface area contributed by atoms with Gasteiger partial charge in [-0.25, -0.2) is 14.6 Å². The molecule has 1 saturated heterocycles. The van der Waals surface area contributed by atoms with Crippen LogP contribution in [0.25, 0.3) is 22.2 Å². The summed E-state index contributed by atoms with van der Waals surface area (Å²) in [7, 11) is 1.60. The zero-order chi connectivity index (χ0) is 33.4. The lowest BCUT2D eigenvalue weighted by Gasteiger charge is -2.30. The van der Waals surface area contributed by atoms with Crippen molar-refractivity contribution >= 4 is 28.9 Å². The SMILES string of the molecule is CCC1CC1(NC(=O)C1CC(Oc2cc(-c3ccccc3)nc3cc(OC)ccc23)CN1C(=O)OC(C)(C)C)C(=O)OC(C)(C)C. The number of esters is 1. The summed E-state index contributed by atoms with van der Waals surface area (Å²) < 4.78 is 23.5. The highest BCUT2D eigenvalue weighted by Gasteiger charge is 2.63. The molecule has 1 aromatic heterocycles. The van der Waals surface area contributed by atoms with Crippen LogP contribution in [0.3, 0.4) is 0 Å². The average Bonchev–Trinajstić information content (AvgIpc) is 3.54. The largest absolute Gasteiger partial charge is 0.497 e. The molecular formula is C36H45N3O7. The zero-order valence-electron chi connectivity index (χ0n) is 28.0. The van der Waals surface area contributed by atoms with Gasteiger partial charge in [0.25, 0.3) is 0 Å². The zero-order valence-corrected chi connectivity index (χ0v) is 28.0. The molecule has 1 aliphatic carbocycles. The molecule has 0 spiro atoms. The number of carbonyl (C=O) groups is 3. The van der Waals surface area contributed by atoms with Gasteiger partial charge in [0.15, 0.2) is 0 Å². The van der Waals surface area contributed by atoms with Crippen molar-refractivity contribution in [3.8, 4) is 22.8 Å². The lowest BCUT2D eigenvalue weighted by molar-refractivity contribution is -0.161. The highest BCUT2D eigenvalue weighted by Crippen LogP contribution is 2.48. The molecule has 2 fully saturated rings. The summed E-state index contributed by atoms with van der Waals surface area (Å²) in [6.07, 6.45) is 0.223. The predicted octanol–water partition coefficient (Wildman–Crippen LogP) is 6.29. The summed E-state index contributed by atoms with van der Waals surface area (Å²) in [5.41, 5.74) is -0.289. The maximum atomic E-state index is 14.0. The number of amides is 2. The first-order valence-corrected chi connectivity index (χ1v) is 15.9. The van der Waals surface area contributed by atoms with Crippen LogP contribution < -0.4 is 14.8 Å². The quantitative estimate of drug-likeness (QED) is 0.288. The highest BCUT2D eigenvalue weighted by molar-refractivity contribution is 5.95. The molecule has 0 bridgehead atoms. The summed E-state index contributed by atoms with van der Waals surface area (Å²) in [5, 5.41) is 3.76. The van der Waals surface area contributed by atoms with Gasteiger partial charge in [0.05, 0.1) is 24.9 Å². The Labute approximate surface area is 270 Å². The number of methoxy groups -OCH3 is 1. The van der Waals surface area contributed by atoms with Gasteiger partial charge in [0, 0.05) is 29.5 Å². The molecule has 1 N–H and O–H groups in total. The first-order chi connectivity index (χ1) is 21.6. The Hall–Kier alpha value is -4.34. The van der Waals surface area contributed by atoms with Crippen molar-refractivity contribution in [1.82, 2.24) is 15.2 Å². The number of benzene rings is 2. The van der Waals surface area contributed by atoms with Crippen LogP contribution in [0.4, 0.5) is 4.79 Å². The summed E-state index contributed by atoms with van der Waals surface area (Å²) in [6.45, 7) is 12.8. The van der Waals surface area contributed by atoms with E-state index in [-0.39, 0.29) is 18.9 Å². The maximum absolute atomic E-state index is 14.0. The number of carbonyl (C=O) groups excluding carboxylic acids is 3. The van der Waals surface area contributed by atoms with Gasteiger partial charge in [-0.3, -0.25) is 9.69 Å². The first-order valence-electron chi connectivity index (χ1n) is 15.9. The van der Waals surface area contributed by atoms with Crippen molar-refractivity contribution in [3.63, 3.8) is 0 Å². The fraction of sp³-hybridized carbons (Fsp3) is 0.500. The Kier molecular flexibility index (Phi) is 8.94. The van der Waals surface area contributed by atoms with Crippen molar-refractivity contribution in [2.24, 2.45) is 5.92 Å². The highest BCUT2D eigenvalue weighted by atomic mass is 16.6. The number of hydrogen-bond acceptors (Lipinski definition) is 8. The molecule has 4 atom stereocenters. The van der Waals surface area contributed by atoms with Gasteiger partial charge in [-0.05, 0) is 66.0 Å². The third kappa shape index (κ3) is 7.21. The second kappa shape index (κ2) is 12.5. The van der Waals surface area contributed by atoms with Crippen LogP contribution in [0, 0.1) is 5.92 Å². The van der Waals surface area contributed by atoms with Gasteiger partial charge in [-0.1, -0.05) is 43.7 Å². The van der Waals surface area contributed by atoms with Crippen LogP contribution >= 0.6 is 0 Å². The van der Waals surface area contributed by atoms with E-state index in [1.54, 1.807) is 48.7 Å². The molecule has 1 aliphatic heterocycles. The molecule has 4 unspecified atom stereocenters. The second-order valence-electron chi connectivity index (χ2n) is 14.2. The molecule has 10 nitrogen and oxygen atoms in total. The van der Waals surface area contributed by atoms with Crippen LogP contribution in [-0.4, -0.2) is 70.4 Å². The van der Waals surface area contributed by atoms with E-state index in [1.165, 1.54) is 4.90 Å². The van der Waals surface area contributed by atoms with Crippen molar-refractivity contribution < 1.29 is 33.3 Å². The van der Waals surface area contributed by atoms with Crippen LogP contribution in [-0.2, 0) is 19.1 Å². The summed E-state index contributed by atoms with van der Waals surface area (Å²) in [5.74, 6) is 0.288. The number of nitrogens with one attached hydrogen (secondary N) is 1. The third-order valence-electron chi connectivity index (χ3n) is 8.24. The Morgan fingerprint density at radius 3 is 2.28 bits per heavy atom. The standard InChI is InChI=1S/C36H45N3O7/c1-9-23-20-36(23,32(41)45-34(2,3)4)38-31(40)29-18-25(21-39(29)33(42)46-35(5,6)7)44-30-19-27(22-13-11-10-12-14-22)37-28-17-24(43-8)15-16-26(28)30/h10-17,19,23,25,29H,9,18,20-21H2,1-8H3,(H,38,40). The lowest BCUT2D eigenvalue weighted by atomic mass is 10.1. The predicted molar refractivity (Wildman–Crippen MR) is 175 cm³/mol. The Bertz CT molecular complexity index is 1610. The van der Waals surface area contributed by atoms with Gasteiger partial charge in [-0.2, -0.15) is 0 Å². The molecule has 2 aromatic carbocycles. The van der Waals surface area contributed by atoms with Gasteiger partial charge in [0.2, 0.25) is 5.91 Å². The first kappa shape index (κ1) is 33.0. The topological polar surface area (TPSA) is 116 Å². The number of hydrogen-bond donors (Lipinski definition) is 1. The number of likely N-dealkylation sites (tertiary alicyclic amines) is 1. The molecule has 1 saturated carbocycles. The smallest absolute Gasteiger partial charge is 0.411 e. The third-order valence-corrected chi connectivity index (χ3v) is 8.24. The maximum Gasteiger partial charge on any atom is 0.411 e. The van der Waals surface area contributed by atoms with E-state index in [9.17, 15) is 14.4 Å². The fourth-order valence-electron chi connectivity index (χ4n) is 5.94. The van der Waals surface area contributed by atoms with Crippen LogP contribution in [0.2, 0.25) is 0 Å². The number of rotatable bonds is 8. The van der Waals surface area contributed by atoms with E-state index in [0.29, 0.717) is 35.6 Å². The van der Waals surface area contributed by atoms with Gasteiger partial charge in [0.1, 0.15) is 40.4 Å². The molecule has 10 heteroatoms. The van der Waals surface area contributed by atoms with Crippen molar-refractivity contribution in [1.29, 1.82) is 0 Å². The monoisotopic (exact) mass is 631 g/mol. The molecule has 2 aliphatic rings. The Morgan fingerprint density at radius 2 is 1.67 bits per heavy atom. The van der Waals surface area contributed by atoms with Crippen molar-refractivity contribution in [2.45, 2.75) is 96.6 Å². The van der Waals surface area contributed by atoms with Gasteiger partial charge >= 0.3 is 12.1 Å². The Morgan fingerprint density at radius 1 is 0.978 bits per heavy atom. The molecule has 246 valence electrons. The number of fused-ring (bicyclic) bond motifs is 1. The number of nitrogens with zero attached hydrogens (tertiary/aromatic N) is 2. The van der Waals surface area contributed by atoms with E-state index >= 15 is 0 Å². The van der Waals surface area contributed by atoms with E-state index in [4.69, 9.17) is 23.9 Å². The Balaban J connectivity index is 1.45. The van der Waals surface area contributed by atoms with E-state index in [0.717, 1.165) is 10.9 Å². The van der Waals surface area contributed by atoms with E-state index in [2.05, 4.69) is 5.32 Å². The van der Waals surface area contributed by atoms with Gasteiger partial charge in [-0.15, -0.1) is 0 Å². The van der Waals surface area contributed by atoms with Crippen LogP contribution in [0.5, 0.6) is 11.5 Å². The van der Waals surface area contributed by atoms with Crippen LogP contribution in [0.1, 0.15) is 67.7 Å². The molecule has 3 aromatic rings. The van der Waals surface area contributed by atoms with E-state index < -0.39 is 46.9 Å². The summed E-state index contributed by atoms with van der Waals surface area (Å²) in [4.78, 5) is 47.0. The summed E-state index contributed by atoms with van der Waals surface area (Å²) in [6, 6.07) is 16.3. The summed E-state index contributed by atoms with van der Waals surface area (Å²) >= 11 is 0. The lowest BCUT2D eigenvalue weighted by Crippen LogP contribution is -2.54. The minimum absolute atomic E-state index is 0.0497. The average molecular weight is 632 g/mol. The van der Waals surface area contributed by atoms with Crippen molar-refractivity contribution in [3.05, 3.63) is 54.6 Å². The number of ether oxygens (including phenoxy) is 4. The fourth-order valence-corrected chi connectivity index (χ4v) is 5.94. The minimum atomic E-state index is -1.12. The molecule has 0 radical (unpaired) electrons. The molecule has 46 heavy (non-hydrogen) atoms. The second-order valence-corrected chi connectivity index (χ2v) is 14.2. The molecule has 2 heterocycles. The van der Waals surface area contributed by atoms with Crippen molar-refractivity contribution in [2.75, 3.05) is 13.7 Å². The number of pyridine rings is 1. The molecule has 2 amide bonds. The van der Waals surface area contributed by atoms with Crippen LogP contribution in [0.15, 0.2) is 54.6 Å². The number of aromatic nitrogens is 1. The minimum Gasteiger partial charge on any atom is -0.497 e. The molecule has 5 rings (SSSR count). The van der Waals surface area contributed by atoms with E-state index in [1.807, 2.05) is 61.5 Å². The molecular weight excluding hydrogens is 586 g/mol. The normalized spacial score (nSPS) is 22.7. The van der Waals surface area contributed by atoms with Gasteiger partial charge < -0.3 is 24.3 Å².